The molecule has 92 valence electrons. The van der Waals surface area contributed by atoms with Crippen molar-refractivity contribution in [2.45, 2.75) is 33.8 Å². The number of ether oxygens (including phenoxy) is 1. The normalized spacial score (nSPS) is 18.7. The van der Waals surface area contributed by atoms with Crippen LogP contribution in [0, 0.1) is 19.8 Å². The summed E-state index contributed by atoms with van der Waals surface area (Å²) in [6.45, 7) is 7.94. The van der Waals surface area contributed by atoms with Crippen molar-refractivity contribution >= 4 is 27.5 Å². The van der Waals surface area contributed by atoms with Gasteiger partial charge in [-0.05, 0) is 37.0 Å². The largest absolute Gasteiger partial charge is 0.478 e. The third kappa shape index (κ3) is 2.06. The molecule has 0 saturated heterocycles. The van der Waals surface area contributed by atoms with E-state index in [0.717, 1.165) is 27.0 Å². The first-order valence-corrected chi connectivity index (χ1v) is 6.48. The van der Waals surface area contributed by atoms with Crippen molar-refractivity contribution in [2.24, 2.45) is 5.92 Å². The fourth-order valence-corrected chi connectivity index (χ4v) is 2.31. The molecule has 0 aromatic heterocycles. The van der Waals surface area contributed by atoms with Crippen LogP contribution in [-0.2, 0) is 4.79 Å². The minimum absolute atomic E-state index is 0.0636. The van der Waals surface area contributed by atoms with Crippen molar-refractivity contribution in [2.75, 3.05) is 5.32 Å². The average molecular weight is 298 g/mol. The standard InChI is InChI=1S/C13H16BrNO2/c1-6(2)12-13(16)15-11-8(4)10(14)7(3)5-9(11)17-12/h5-6,12H,1-4H3,(H,15,16). The number of hydrogen-bond donors (Lipinski definition) is 1. The summed E-state index contributed by atoms with van der Waals surface area (Å²) in [5.74, 6) is 0.861. The topological polar surface area (TPSA) is 38.3 Å². The minimum Gasteiger partial charge on any atom is -0.478 e. The number of nitrogens with one attached hydrogen (secondary N) is 1. The molecule has 0 spiro atoms. The molecule has 0 radical (unpaired) electrons. The molecule has 0 fully saturated rings. The van der Waals surface area contributed by atoms with Gasteiger partial charge in [0.1, 0.15) is 5.75 Å². The molecule has 0 bridgehead atoms. The van der Waals surface area contributed by atoms with Crippen LogP contribution in [0.15, 0.2) is 10.5 Å². The van der Waals surface area contributed by atoms with Crippen LogP contribution in [-0.4, -0.2) is 12.0 Å². The molecule has 2 rings (SSSR count). The van der Waals surface area contributed by atoms with Crippen LogP contribution in [0.3, 0.4) is 0 Å². The van der Waals surface area contributed by atoms with Gasteiger partial charge in [0, 0.05) is 4.47 Å². The molecule has 3 nitrogen and oxygen atoms in total. The van der Waals surface area contributed by atoms with Crippen molar-refractivity contribution < 1.29 is 9.53 Å². The van der Waals surface area contributed by atoms with E-state index in [4.69, 9.17) is 4.74 Å². The van der Waals surface area contributed by atoms with Gasteiger partial charge in [-0.3, -0.25) is 4.79 Å². The summed E-state index contributed by atoms with van der Waals surface area (Å²) >= 11 is 3.52. The molecular weight excluding hydrogens is 282 g/mol. The van der Waals surface area contributed by atoms with Gasteiger partial charge in [0.05, 0.1) is 5.69 Å². The van der Waals surface area contributed by atoms with E-state index in [1.54, 1.807) is 0 Å². The maximum absolute atomic E-state index is 11.9. The average Bonchev–Trinajstić information content (AvgIpc) is 2.26. The zero-order chi connectivity index (χ0) is 12.7. The smallest absolute Gasteiger partial charge is 0.265 e. The van der Waals surface area contributed by atoms with Crippen LogP contribution in [0.25, 0.3) is 0 Å². The summed E-state index contributed by atoms with van der Waals surface area (Å²) in [5.41, 5.74) is 2.90. The molecule has 1 aliphatic heterocycles. The number of aryl methyl sites for hydroxylation is 1. The first kappa shape index (κ1) is 12.4. The molecule has 1 amide bonds. The van der Waals surface area contributed by atoms with Gasteiger partial charge in [0.2, 0.25) is 0 Å². The number of benzene rings is 1. The Kier molecular flexibility index (Phi) is 3.17. The molecule has 4 heteroatoms. The number of halogens is 1. The van der Waals surface area contributed by atoms with Crippen LogP contribution in [0.4, 0.5) is 5.69 Å². The molecule has 1 atom stereocenters. The van der Waals surface area contributed by atoms with E-state index in [9.17, 15) is 4.79 Å². The predicted octanol–water partition coefficient (Wildman–Crippen LogP) is 3.42. The van der Waals surface area contributed by atoms with Crippen molar-refractivity contribution in [1.29, 1.82) is 0 Å². The number of carbonyl (C=O) groups excluding carboxylic acids is 1. The van der Waals surface area contributed by atoms with E-state index in [-0.39, 0.29) is 11.8 Å². The molecule has 0 aliphatic carbocycles. The fraction of sp³-hybridized carbons (Fsp3) is 0.462. The molecule has 1 aromatic rings. The van der Waals surface area contributed by atoms with E-state index >= 15 is 0 Å². The minimum atomic E-state index is -0.400. The zero-order valence-electron chi connectivity index (χ0n) is 10.4. The molecule has 1 unspecified atom stereocenters. The van der Waals surface area contributed by atoms with Gasteiger partial charge >= 0.3 is 0 Å². The van der Waals surface area contributed by atoms with Gasteiger partial charge in [-0.2, -0.15) is 0 Å². The van der Waals surface area contributed by atoms with E-state index in [1.807, 2.05) is 33.8 Å². The second kappa shape index (κ2) is 4.33. The third-order valence-electron chi connectivity index (χ3n) is 3.01. The number of rotatable bonds is 1. The lowest BCUT2D eigenvalue weighted by Crippen LogP contribution is -2.40. The van der Waals surface area contributed by atoms with Crippen molar-refractivity contribution in [1.82, 2.24) is 0 Å². The van der Waals surface area contributed by atoms with Crippen LogP contribution >= 0.6 is 15.9 Å². The molecule has 1 heterocycles. The van der Waals surface area contributed by atoms with Gasteiger partial charge in [-0.15, -0.1) is 0 Å². The number of fused-ring (bicyclic) bond motifs is 1. The SMILES string of the molecule is Cc1cc2c(c(C)c1Br)NC(=O)C(C(C)C)O2. The van der Waals surface area contributed by atoms with E-state index < -0.39 is 6.10 Å². The monoisotopic (exact) mass is 297 g/mol. The Labute approximate surface area is 110 Å². The van der Waals surface area contributed by atoms with Gasteiger partial charge < -0.3 is 10.1 Å². The Hall–Kier alpha value is -1.03. The highest BCUT2D eigenvalue weighted by Crippen LogP contribution is 2.39. The highest BCUT2D eigenvalue weighted by atomic mass is 79.9. The van der Waals surface area contributed by atoms with Crippen LogP contribution in [0.1, 0.15) is 25.0 Å². The number of hydrogen-bond acceptors (Lipinski definition) is 2. The summed E-state index contributed by atoms with van der Waals surface area (Å²) in [7, 11) is 0. The maximum Gasteiger partial charge on any atom is 0.265 e. The Morgan fingerprint density at radius 3 is 2.65 bits per heavy atom. The summed E-state index contributed by atoms with van der Waals surface area (Å²) in [6.07, 6.45) is -0.400. The summed E-state index contributed by atoms with van der Waals surface area (Å²) < 4.78 is 6.81. The number of amides is 1. The Bertz CT molecular complexity index is 483. The lowest BCUT2D eigenvalue weighted by molar-refractivity contribution is -0.125. The Morgan fingerprint density at radius 2 is 2.06 bits per heavy atom. The Morgan fingerprint density at radius 1 is 1.41 bits per heavy atom. The highest BCUT2D eigenvalue weighted by molar-refractivity contribution is 9.10. The first-order chi connectivity index (χ1) is 7.91. The van der Waals surface area contributed by atoms with Crippen LogP contribution in [0.5, 0.6) is 5.75 Å². The van der Waals surface area contributed by atoms with E-state index in [0.29, 0.717) is 0 Å². The van der Waals surface area contributed by atoms with Gasteiger partial charge in [0.25, 0.3) is 5.91 Å². The quantitative estimate of drug-likeness (QED) is 0.862. The van der Waals surface area contributed by atoms with E-state index in [2.05, 4.69) is 21.2 Å². The number of carbonyl (C=O) groups is 1. The fourth-order valence-electron chi connectivity index (χ4n) is 1.99. The first-order valence-electron chi connectivity index (χ1n) is 5.69. The summed E-state index contributed by atoms with van der Waals surface area (Å²) in [4.78, 5) is 11.9. The summed E-state index contributed by atoms with van der Waals surface area (Å²) in [6, 6.07) is 1.96. The molecule has 1 aromatic carbocycles. The molecule has 0 saturated carbocycles. The van der Waals surface area contributed by atoms with Gasteiger partial charge in [-0.25, -0.2) is 0 Å². The maximum atomic E-state index is 11.9. The molecule has 1 N–H and O–H groups in total. The molecule has 1 aliphatic rings. The summed E-state index contributed by atoms with van der Waals surface area (Å²) in [5, 5.41) is 2.93. The molecule has 17 heavy (non-hydrogen) atoms. The van der Waals surface area contributed by atoms with E-state index in [1.165, 1.54) is 0 Å². The van der Waals surface area contributed by atoms with Crippen LogP contribution in [0.2, 0.25) is 0 Å². The lowest BCUT2D eigenvalue weighted by Gasteiger charge is -2.30. The van der Waals surface area contributed by atoms with Gasteiger partial charge in [-0.1, -0.05) is 29.8 Å². The second-order valence-electron chi connectivity index (χ2n) is 4.78. The van der Waals surface area contributed by atoms with Gasteiger partial charge in [0.15, 0.2) is 6.10 Å². The van der Waals surface area contributed by atoms with Crippen molar-refractivity contribution in [3.05, 3.63) is 21.7 Å². The number of anilines is 1. The van der Waals surface area contributed by atoms with Crippen LogP contribution < -0.4 is 10.1 Å². The zero-order valence-corrected chi connectivity index (χ0v) is 12.0. The third-order valence-corrected chi connectivity index (χ3v) is 4.23. The van der Waals surface area contributed by atoms with Crippen molar-refractivity contribution in [3.63, 3.8) is 0 Å². The predicted molar refractivity (Wildman–Crippen MR) is 71.5 cm³/mol. The Balaban J connectivity index is 2.49. The second-order valence-corrected chi connectivity index (χ2v) is 5.57. The lowest BCUT2D eigenvalue weighted by atomic mass is 10.0. The van der Waals surface area contributed by atoms with Crippen molar-refractivity contribution in [3.8, 4) is 5.75 Å². The highest BCUT2D eigenvalue weighted by Gasteiger charge is 2.31. The molecular formula is C13H16BrNO2.